The Hall–Kier alpha value is -2.64. The number of likely N-dealkylation sites (tertiary alicyclic amines) is 1. The molecule has 1 saturated heterocycles. The highest BCUT2D eigenvalue weighted by molar-refractivity contribution is 5.98. The van der Waals surface area contributed by atoms with Gasteiger partial charge in [-0.25, -0.2) is 14.3 Å². The number of rotatable bonds is 2. The minimum atomic E-state index is -0.520. The van der Waals surface area contributed by atoms with Gasteiger partial charge in [0.1, 0.15) is 23.1 Å². The normalized spacial score (nSPS) is 16.2. The summed E-state index contributed by atoms with van der Waals surface area (Å²) in [5.74, 6) is 0.212. The Morgan fingerprint density at radius 2 is 1.92 bits per heavy atom. The van der Waals surface area contributed by atoms with E-state index in [2.05, 4.69) is 10.1 Å². The van der Waals surface area contributed by atoms with Gasteiger partial charge in [-0.3, -0.25) is 4.79 Å². The predicted octanol–water partition coefficient (Wildman–Crippen LogP) is 2.14. The molecule has 3 rings (SSSR count). The molecule has 8 heteroatoms. The Kier molecular flexibility index (Phi) is 4.36. The second kappa shape index (κ2) is 6.34. The van der Waals surface area contributed by atoms with Gasteiger partial charge in [0.05, 0.1) is 0 Å². The number of piperidine rings is 1. The molecule has 2 N–H and O–H groups in total. The number of Topliss-reactive ketones (excluding diaryl/α,β-unsaturated/α-hetero) is 1. The van der Waals surface area contributed by atoms with Crippen LogP contribution in [0.15, 0.2) is 18.5 Å². The zero-order valence-corrected chi connectivity index (χ0v) is 14.7. The van der Waals surface area contributed by atoms with E-state index < -0.39 is 5.60 Å². The molecule has 1 fully saturated rings. The highest BCUT2D eigenvalue weighted by atomic mass is 16.6. The lowest BCUT2D eigenvalue weighted by molar-refractivity contribution is 0.0182. The number of amides is 1. The number of aromatic nitrogens is 3. The highest BCUT2D eigenvalue weighted by Crippen LogP contribution is 2.24. The standard InChI is InChI=1S/C17H23N5O3/c1-17(2,3)25-16(24)21-8-6-11(7-9-21)14(23)12-4-5-13-15(18)19-10-20-22(12)13/h4-5,10-11H,6-9H2,1-3H3,(H2,18,19,20). The van der Waals surface area contributed by atoms with Crippen molar-refractivity contribution in [3.05, 3.63) is 24.2 Å². The molecule has 1 amide bonds. The Labute approximate surface area is 146 Å². The summed E-state index contributed by atoms with van der Waals surface area (Å²) in [5.41, 5.74) is 6.41. The van der Waals surface area contributed by atoms with Gasteiger partial charge in [-0.1, -0.05) is 0 Å². The van der Waals surface area contributed by atoms with E-state index in [0.717, 1.165) is 0 Å². The summed E-state index contributed by atoms with van der Waals surface area (Å²) in [5, 5.41) is 4.12. The maximum absolute atomic E-state index is 12.8. The summed E-state index contributed by atoms with van der Waals surface area (Å²) in [6.07, 6.45) is 2.22. The second-order valence-corrected chi connectivity index (χ2v) is 7.27. The lowest BCUT2D eigenvalue weighted by Gasteiger charge is -2.32. The van der Waals surface area contributed by atoms with Crippen LogP contribution in [0.3, 0.4) is 0 Å². The fraction of sp³-hybridized carbons (Fsp3) is 0.529. The maximum Gasteiger partial charge on any atom is 0.410 e. The minimum Gasteiger partial charge on any atom is -0.444 e. The fourth-order valence-corrected chi connectivity index (χ4v) is 3.00. The first-order chi connectivity index (χ1) is 11.8. The van der Waals surface area contributed by atoms with Crippen LogP contribution >= 0.6 is 0 Å². The lowest BCUT2D eigenvalue weighted by Crippen LogP contribution is -2.43. The number of hydrogen-bond donors (Lipinski definition) is 1. The van der Waals surface area contributed by atoms with Crippen LogP contribution in [0.1, 0.15) is 44.1 Å². The van der Waals surface area contributed by atoms with E-state index in [4.69, 9.17) is 10.5 Å². The van der Waals surface area contributed by atoms with Gasteiger partial charge in [0.15, 0.2) is 11.6 Å². The number of nitrogens with zero attached hydrogens (tertiary/aromatic N) is 4. The third-order valence-electron chi connectivity index (χ3n) is 4.25. The molecule has 2 aromatic heterocycles. The fourth-order valence-electron chi connectivity index (χ4n) is 3.00. The molecule has 134 valence electrons. The van der Waals surface area contributed by atoms with E-state index in [0.29, 0.717) is 43.0 Å². The average Bonchev–Trinajstić information content (AvgIpc) is 2.98. The van der Waals surface area contributed by atoms with Crippen molar-refractivity contribution < 1.29 is 14.3 Å². The van der Waals surface area contributed by atoms with Crippen LogP contribution in [0, 0.1) is 5.92 Å². The average molecular weight is 345 g/mol. The van der Waals surface area contributed by atoms with Crippen LogP contribution in [-0.2, 0) is 4.74 Å². The summed E-state index contributed by atoms with van der Waals surface area (Å²) in [4.78, 5) is 30.5. The van der Waals surface area contributed by atoms with Crippen molar-refractivity contribution in [2.75, 3.05) is 18.8 Å². The van der Waals surface area contributed by atoms with Gasteiger partial charge >= 0.3 is 6.09 Å². The molecule has 0 unspecified atom stereocenters. The summed E-state index contributed by atoms with van der Waals surface area (Å²) in [7, 11) is 0. The molecule has 0 atom stereocenters. The smallest absolute Gasteiger partial charge is 0.410 e. The summed E-state index contributed by atoms with van der Waals surface area (Å²) >= 11 is 0. The largest absolute Gasteiger partial charge is 0.444 e. The van der Waals surface area contributed by atoms with Crippen molar-refractivity contribution in [3.63, 3.8) is 0 Å². The van der Waals surface area contributed by atoms with Crippen LogP contribution in [0.4, 0.5) is 10.6 Å². The number of carbonyl (C=O) groups excluding carboxylic acids is 2. The summed E-state index contributed by atoms with van der Waals surface area (Å²) in [6.45, 7) is 6.53. The van der Waals surface area contributed by atoms with Gasteiger partial charge in [0.25, 0.3) is 0 Å². The van der Waals surface area contributed by atoms with Crippen LogP contribution < -0.4 is 5.73 Å². The van der Waals surface area contributed by atoms with Gasteiger partial charge in [0.2, 0.25) is 0 Å². The van der Waals surface area contributed by atoms with E-state index in [9.17, 15) is 9.59 Å². The number of hydrogen-bond acceptors (Lipinski definition) is 6. The number of anilines is 1. The number of carbonyl (C=O) groups is 2. The monoisotopic (exact) mass is 345 g/mol. The first-order valence-electron chi connectivity index (χ1n) is 8.36. The molecule has 1 aliphatic rings. The van der Waals surface area contributed by atoms with E-state index in [1.807, 2.05) is 20.8 Å². The third-order valence-corrected chi connectivity index (χ3v) is 4.25. The van der Waals surface area contributed by atoms with E-state index in [-0.39, 0.29) is 17.8 Å². The summed E-state index contributed by atoms with van der Waals surface area (Å²) < 4.78 is 6.92. The Morgan fingerprint density at radius 1 is 1.24 bits per heavy atom. The van der Waals surface area contributed by atoms with Crippen molar-refractivity contribution in [1.82, 2.24) is 19.5 Å². The first-order valence-corrected chi connectivity index (χ1v) is 8.36. The zero-order valence-electron chi connectivity index (χ0n) is 14.7. The molecule has 0 aliphatic carbocycles. The molecule has 25 heavy (non-hydrogen) atoms. The molecule has 0 spiro atoms. The molecular formula is C17H23N5O3. The molecule has 0 aromatic carbocycles. The molecule has 3 heterocycles. The third kappa shape index (κ3) is 3.57. The van der Waals surface area contributed by atoms with Gasteiger partial charge < -0.3 is 15.4 Å². The number of nitrogens with two attached hydrogens (primary N) is 1. The van der Waals surface area contributed by atoms with Crippen molar-refractivity contribution >= 4 is 23.2 Å². The van der Waals surface area contributed by atoms with Crippen molar-refractivity contribution in [2.24, 2.45) is 5.92 Å². The Morgan fingerprint density at radius 3 is 2.56 bits per heavy atom. The van der Waals surface area contributed by atoms with Crippen LogP contribution in [0.25, 0.3) is 5.52 Å². The molecular weight excluding hydrogens is 322 g/mol. The van der Waals surface area contributed by atoms with Crippen LogP contribution in [0.5, 0.6) is 0 Å². The number of nitrogen functional groups attached to an aromatic ring is 1. The molecule has 2 aromatic rings. The lowest BCUT2D eigenvalue weighted by atomic mass is 9.91. The van der Waals surface area contributed by atoms with E-state index in [1.165, 1.54) is 10.8 Å². The molecule has 0 bridgehead atoms. The van der Waals surface area contributed by atoms with E-state index >= 15 is 0 Å². The first kappa shape index (κ1) is 17.2. The quantitative estimate of drug-likeness (QED) is 0.837. The van der Waals surface area contributed by atoms with E-state index in [1.54, 1.807) is 17.0 Å². The molecule has 1 aliphatic heterocycles. The molecule has 0 saturated carbocycles. The zero-order chi connectivity index (χ0) is 18.2. The van der Waals surface area contributed by atoms with Gasteiger partial charge in [-0.2, -0.15) is 5.10 Å². The number of ether oxygens (including phenoxy) is 1. The summed E-state index contributed by atoms with van der Waals surface area (Å²) in [6, 6.07) is 3.47. The molecule has 8 nitrogen and oxygen atoms in total. The topological polar surface area (TPSA) is 103 Å². The number of ketones is 1. The SMILES string of the molecule is CC(C)(C)OC(=O)N1CCC(C(=O)c2ccc3c(N)ncnn23)CC1. The maximum atomic E-state index is 12.8. The predicted molar refractivity (Wildman–Crippen MR) is 92.3 cm³/mol. The van der Waals surface area contributed by atoms with Gasteiger partial charge in [-0.05, 0) is 45.7 Å². The second-order valence-electron chi connectivity index (χ2n) is 7.27. The van der Waals surface area contributed by atoms with Gasteiger partial charge in [0, 0.05) is 19.0 Å². The highest BCUT2D eigenvalue weighted by Gasteiger charge is 2.31. The molecule has 0 radical (unpaired) electrons. The Bertz CT molecular complexity index is 800. The minimum absolute atomic E-state index is 0.0157. The van der Waals surface area contributed by atoms with Crippen LogP contribution in [0.2, 0.25) is 0 Å². The number of fused-ring (bicyclic) bond motifs is 1. The van der Waals surface area contributed by atoms with Gasteiger partial charge in [-0.15, -0.1) is 0 Å². The van der Waals surface area contributed by atoms with Crippen molar-refractivity contribution in [1.29, 1.82) is 0 Å². The Balaban J connectivity index is 1.67. The van der Waals surface area contributed by atoms with Crippen LogP contribution in [-0.4, -0.2) is 50.1 Å². The van der Waals surface area contributed by atoms with Crippen molar-refractivity contribution in [3.8, 4) is 0 Å². The van der Waals surface area contributed by atoms with Crippen molar-refractivity contribution in [2.45, 2.75) is 39.2 Å².